The zero-order valence-corrected chi connectivity index (χ0v) is 19.0. The summed E-state index contributed by atoms with van der Waals surface area (Å²) in [6.45, 7) is 1.88. The molecular formula is C23H24N2O6S. The van der Waals surface area contributed by atoms with Crippen LogP contribution in [0.15, 0.2) is 48.0 Å². The highest BCUT2D eigenvalue weighted by molar-refractivity contribution is 7.80. The first-order chi connectivity index (χ1) is 15.5. The number of benzene rings is 2. The van der Waals surface area contributed by atoms with Gasteiger partial charge in [0.1, 0.15) is 0 Å². The predicted octanol–water partition coefficient (Wildman–Crippen LogP) is 3.07. The van der Waals surface area contributed by atoms with Crippen molar-refractivity contribution >= 4 is 35.4 Å². The fraction of sp³-hybridized carbons (Fsp3) is 0.261. The quantitative estimate of drug-likeness (QED) is 0.369. The zero-order valence-electron chi connectivity index (χ0n) is 18.2. The number of nitrogens with one attached hydrogen (secondary N) is 1. The maximum Gasteiger partial charge on any atom is 0.338 e. The van der Waals surface area contributed by atoms with Gasteiger partial charge < -0.3 is 24.3 Å². The summed E-state index contributed by atoms with van der Waals surface area (Å²) >= 11 is 5.47. The van der Waals surface area contributed by atoms with Crippen LogP contribution < -0.4 is 19.5 Å². The van der Waals surface area contributed by atoms with Gasteiger partial charge >= 0.3 is 5.97 Å². The van der Waals surface area contributed by atoms with E-state index in [0.29, 0.717) is 34.9 Å². The first-order valence-corrected chi connectivity index (χ1v) is 10.2. The van der Waals surface area contributed by atoms with Gasteiger partial charge in [0.05, 0.1) is 45.2 Å². The summed E-state index contributed by atoms with van der Waals surface area (Å²) in [5.41, 5.74) is 1.95. The van der Waals surface area contributed by atoms with E-state index < -0.39 is 12.0 Å². The van der Waals surface area contributed by atoms with Gasteiger partial charge in [0.2, 0.25) is 12.2 Å². The van der Waals surface area contributed by atoms with Crippen molar-refractivity contribution in [2.24, 2.45) is 0 Å². The lowest BCUT2D eigenvalue weighted by atomic mass is 9.91. The molecule has 0 saturated carbocycles. The van der Waals surface area contributed by atoms with Crippen LogP contribution >= 0.6 is 12.2 Å². The molecule has 168 valence electrons. The van der Waals surface area contributed by atoms with Crippen LogP contribution in [0.1, 0.15) is 24.1 Å². The normalized spacial score (nSPS) is 15.7. The van der Waals surface area contributed by atoms with Crippen molar-refractivity contribution in [3.8, 4) is 17.2 Å². The summed E-state index contributed by atoms with van der Waals surface area (Å²) in [5.74, 6) is 0.563. The molecule has 0 aromatic heterocycles. The van der Waals surface area contributed by atoms with E-state index >= 15 is 0 Å². The van der Waals surface area contributed by atoms with Gasteiger partial charge in [-0.05, 0) is 42.4 Å². The summed E-state index contributed by atoms with van der Waals surface area (Å²) in [6.07, 6.45) is 0.574. The third-order valence-electron chi connectivity index (χ3n) is 4.96. The number of carbonyl (C=O) groups is 2. The molecular weight excluding hydrogens is 432 g/mol. The second-order valence-electron chi connectivity index (χ2n) is 6.68. The second kappa shape index (κ2) is 10.1. The van der Waals surface area contributed by atoms with Gasteiger partial charge in [0.15, 0.2) is 16.6 Å². The molecule has 32 heavy (non-hydrogen) atoms. The molecule has 1 unspecified atom stereocenters. The Labute approximate surface area is 191 Å². The maximum atomic E-state index is 13.2. The number of rotatable bonds is 8. The number of hydrogen-bond acceptors (Lipinski definition) is 7. The Balaban J connectivity index is 2.34. The van der Waals surface area contributed by atoms with Gasteiger partial charge in [0, 0.05) is 0 Å². The van der Waals surface area contributed by atoms with E-state index in [4.69, 9.17) is 31.2 Å². The van der Waals surface area contributed by atoms with Crippen molar-refractivity contribution in [3.05, 3.63) is 59.2 Å². The van der Waals surface area contributed by atoms with Gasteiger partial charge in [-0.15, -0.1) is 0 Å². The third kappa shape index (κ3) is 4.24. The highest BCUT2D eigenvalue weighted by Crippen LogP contribution is 2.44. The second-order valence-corrected chi connectivity index (χ2v) is 7.07. The molecule has 3 rings (SSSR count). The molecule has 0 spiro atoms. The molecule has 9 heteroatoms. The van der Waals surface area contributed by atoms with E-state index in [9.17, 15) is 9.59 Å². The SMILES string of the molecule is CCOC(=O)C1=C(c2ccccc2)NC(=S)N(C=O)C1c1cc(OC)c(OC)c(OC)c1. The highest BCUT2D eigenvalue weighted by Gasteiger charge is 2.39. The molecule has 2 aromatic rings. The Bertz CT molecular complexity index is 1030. The smallest absolute Gasteiger partial charge is 0.338 e. The van der Waals surface area contributed by atoms with Crippen LogP contribution in [0.5, 0.6) is 17.2 Å². The molecule has 0 radical (unpaired) electrons. The minimum atomic E-state index is -0.885. The molecule has 1 aliphatic heterocycles. The Hall–Kier alpha value is -3.59. The van der Waals surface area contributed by atoms with Crippen molar-refractivity contribution in [1.29, 1.82) is 0 Å². The van der Waals surface area contributed by atoms with Crippen LogP contribution in [0, 0.1) is 0 Å². The van der Waals surface area contributed by atoms with E-state index in [1.54, 1.807) is 19.1 Å². The highest BCUT2D eigenvalue weighted by atomic mass is 32.1. The summed E-state index contributed by atoms with van der Waals surface area (Å²) in [7, 11) is 4.47. The molecule has 0 bridgehead atoms. The third-order valence-corrected chi connectivity index (χ3v) is 5.27. The topological polar surface area (TPSA) is 86.3 Å². The first-order valence-electron chi connectivity index (χ1n) is 9.81. The Morgan fingerprint density at radius 2 is 1.72 bits per heavy atom. The van der Waals surface area contributed by atoms with Crippen LogP contribution in [-0.4, -0.2) is 50.3 Å². The summed E-state index contributed by atoms with van der Waals surface area (Å²) in [5, 5.41) is 3.16. The Morgan fingerprint density at radius 3 is 2.22 bits per heavy atom. The van der Waals surface area contributed by atoms with Gasteiger partial charge in [-0.25, -0.2) is 4.79 Å². The number of hydrogen-bond donors (Lipinski definition) is 1. The monoisotopic (exact) mass is 456 g/mol. The number of ether oxygens (including phenoxy) is 4. The zero-order chi connectivity index (χ0) is 23.3. The predicted molar refractivity (Wildman–Crippen MR) is 122 cm³/mol. The largest absolute Gasteiger partial charge is 0.493 e. The van der Waals surface area contributed by atoms with Gasteiger partial charge in [-0.2, -0.15) is 0 Å². The Kier molecular flexibility index (Phi) is 7.32. The molecule has 1 amide bonds. The average Bonchev–Trinajstić information content (AvgIpc) is 2.82. The number of esters is 1. The molecule has 8 nitrogen and oxygen atoms in total. The van der Waals surface area contributed by atoms with Gasteiger partial charge in [0.25, 0.3) is 0 Å². The van der Waals surface area contributed by atoms with Crippen LogP contribution in [0.25, 0.3) is 5.70 Å². The van der Waals surface area contributed by atoms with Crippen LogP contribution in [0.3, 0.4) is 0 Å². The summed E-state index contributed by atoms with van der Waals surface area (Å²) in [6, 6.07) is 11.7. The van der Waals surface area contributed by atoms with Crippen LogP contribution in [0.4, 0.5) is 0 Å². The lowest BCUT2D eigenvalue weighted by molar-refractivity contribution is -0.139. The molecule has 0 aliphatic carbocycles. The molecule has 1 heterocycles. The Morgan fingerprint density at radius 1 is 1.09 bits per heavy atom. The molecule has 0 fully saturated rings. The number of amides is 1. The number of nitrogens with zero attached hydrogens (tertiary/aromatic N) is 1. The molecule has 1 aliphatic rings. The van der Waals surface area contributed by atoms with Crippen LogP contribution in [0.2, 0.25) is 0 Å². The van der Waals surface area contributed by atoms with E-state index in [0.717, 1.165) is 5.56 Å². The van der Waals surface area contributed by atoms with Gasteiger partial charge in [-0.3, -0.25) is 9.69 Å². The fourth-order valence-electron chi connectivity index (χ4n) is 3.58. The van der Waals surface area contributed by atoms with E-state index in [2.05, 4.69) is 5.32 Å². The number of thiocarbonyl (C=S) groups is 1. The first kappa shape index (κ1) is 23.1. The standard InChI is InChI=1S/C23H24N2O6S/c1-5-31-22(27)18-19(14-9-7-6-8-10-14)24-23(32)25(13-26)20(18)15-11-16(28-2)21(30-4)17(12-15)29-3/h6-13,20H,5H2,1-4H3,(H,24,32). The maximum absolute atomic E-state index is 13.2. The molecule has 2 aromatic carbocycles. The summed E-state index contributed by atoms with van der Waals surface area (Å²) < 4.78 is 21.7. The lowest BCUT2D eigenvalue weighted by Gasteiger charge is -2.37. The molecule has 0 saturated heterocycles. The van der Waals surface area contributed by atoms with Crippen molar-refractivity contribution in [2.75, 3.05) is 27.9 Å². The molecule has 1 atom stereocenters. The minimum Gasteiger partial charge on any atom is -0.493 e. The van der Waals surface area contributed by atoms with Crippen molar-refractivity contribution in [1.82, 2.24) is 10.2 Å². The van der Waals surface area contributed by atoms with Crippen molar-refractivity contribution in [3.63, 3.8) is 0 Å². The van der Waals surface area contributed by atoms with E-state index in [-0.39, 0.29) is 17.3 Å². The lowest BCUT2D eigenvalue weighted by Crippen LogP contribution is -2.47. The average molecular weight is 457 g/mol. The van der Waals surface area contributed by atoms with E-state index in [1.165, 1.54) is 26.2 Å². The molecule has 1 N–H and O–H groups in total. The van der Waals surface area contributed by atoms with Gasteiger partial charge in [-0.1, -0.05) is 30.3 Å². The fourth-order valence-corrected chi connectivity index (χ4v) is 3.83. The number of carbonyl (C=O) groups excluding carboxylic acids is 2. The summed E-state index contributed by atoms with van der Waals surface area (Å²) in [4.78, 5) is 26.5. The number of methoxy groups -OCH3 is 3. The van der Waals surface area contributed by atoms with E-state index in [1.807, 2.05) is 30.3 Å². The van der Waals surface area contributed by atoms with Crippen LogP contribution in [-0.2, 0) is 14.3 Å². The van der Waals surface area contributed by atoms with Crippen molar-refractivity contribution in [2.45, 2.75) is 13.0 Å². The minimum absolute atomic E-state index is 0.144. The van der Waals surface area contributed by atoms with Crippen molar-refractivity contribution < 1.29 is 28.5 Å².